The molecule has 0 atom stereocenters. The lowest BCUT2D eigenvalue weighted by Crippen LogP contribution is -2.24. The molecule has 4 aromatic rings. The molecule has 0 bridgehead atoms. The molecule has 2 N–H and O–H groups in total. The number of carbonyl (C=O) groups is 1. The molecule has 35 heavy (non-hydrogen) atoms. The van der Waals surface area contributed by atoms with E-state index in [4.69, 9.17) is 10.5 Å². The van der Waals surface area contributed by atoms with E-state index in [9.17, 15) is 9.18 Å². The number of fused-ring (bicyclic) bond motifs is 1. The smallest absolute Gasteiger partial charge is 0.219 e. The second kappa shape index (κ2) is 10.3. The van der Waals surface area contributed by atoms with Crippen molar-refractivity contribution in [3.05, 3.63) is 71.2 Å². The normalized spacial score (nSPS) is 11.3. The molecule has 0 aliphatic carbocycles. The number of nitrogens with two attached hydrogens (primary N) is 1. The van der Waals surface area contributed by atoms with E-state index < -0.39 is 0 Å². The molecule has 0 saturated carbocycles. The minimum absolute atomic E-state index is 0.0237. The Hall–Kier alpha value is -3.72. The number of carbonyl (C=O) groups excluding carboxylic acids is 1. The van der Waals surface area contributed by atoms with Crippen molar-refractivity contribution in [2.24, 2.45) is 12.8 Å². The average molecular weight is 479 g/mol. The maximum absolute atomic E-state index is 14.2. The van der Waals surface area contributed by atoms with Gasteiger partial charge in [0.25, 0.3) is 0 Å². The monoisotopic (exact) mass is 478 g/mol. The van der Waals surface area contributed by atoms with Crippen LogP contribution in [0.15, 0.2) is 42.7 Å². The fourth-order valence-corrected chi connectivity index (χ4v) is 4.15. The number of hydrogen-bond acceptors (Lipinski definition) is 5. The third-order valence-electron chi connectivity index (χ3n) is 6.31. The Bertz CT molecular complexity index is 1360. The second-order valence-electron chi connectivity index (χ2n) is 8.68. The summed E-state index contributed by atoms with van der Waals surface area (Å²) in [6.45, 7) is 4.82. The van der Waals surface area contributed by atoms with Crippen LogP contribution >= 0.6 is 0 Å². The number of pyridine rings is 1. The Morgan fingerprint density at radius 3 is 2.77 bits per heavy atom. The van der Waals surface area contributed by atoms with Crippen LogP contribution in [0.25, 0.3) is 16.8 Å². The highest BCUT2D eigenvalue weighted by atomic mass is 19.1. The van der Waals surface area contributed by atoms with Gasteiger partial charge >= 0.3 is 0 Å². The van der Waals surface area contributed by atoms with Gasteiger partial charge in [0.2, 0.25) is 5.91 Å². The van der Waals surface area contributed by atoms with E-state index in [1.54, 1.807) is 18.0 Å². The molecule has 0 fully saturated rings. The number of aryl methyl sites for hydroxylation is 1. The van der Waals surface area contributed by atoms with Crippen LogP contribution < -0.4 is 10.5 Å². The number of imidazole rings is 1. The molecule has 0 aliphatic heterocycles. The Morgan fingerprint density at radius 1 is 1.23 bits per heavy atom. The van der Waals surface area contributed by atoms with Gasteiger partial charge in [-0.05, 0) is 37.7 Å². The summed E-state index contributed by atoms with van der Waals surface area (Å²) in [5, 5.41) is 4.57. The first-order valence-electron chi connectivity index (χ1n) is 11.6. The highest BCUT2D eigenvalue weighted by Gasteiger charge is 2.17. The molecule has 8 nitrogen and oxygen atoms in total. The summed E-state index contributed by atoms with van der Waals surface area (Å²) >= 11 is 0. The van der Waals surface area contributed by atoms with Crippen molar-refractivity contribution in [2.75, 3.05) is 20.2 Å². The van der Waals surface area contributed by atoms with Gasteiger partial charge in [-0.2, -0.15) is 5.10 Å². The predicted molar refractivity (Wildman–Crippen MR) is 133 cm³/mol. The summed E-state index contributed by atoms with van der Waals surface area (Å²) < 4.78 is 24.1. The highest BCUT2D eigenvalue weighted by Crippen LogP contribution is 2.31. The van der Waals surface area contributed by atoms with Crippen molar-refractivity contribution in [3.63, 3.8) is 0 Å². The van der Waals surface area contributed by atoms with Crippen LogP contribution in [-0.4, -0.2) is 50.2 Å². The van der Waals surface area contributed by atoms with Crippen LogP contribution in [0.3, 0.4) is 0 Å². The molecule has 184 valence electrons. The Morgan fingerprint density at radius 2 is 2.03 bits per heavy atom. The van der Waals surface area contributed by atoms with Crippen LogP contribution in [0.4, 0.5) is 4.39 Å². The molecule has 1 aromatic carbocycles. The van der Waals surface area contributed by atoms with Crippen molar-refractivity contribution >= 4 is 11.6 Å². The zero-order valence-electron chi connectivity index (χ0n) is 20.6. The molecule has 4 rings (SSSR count). The zero-order valence-corrected chi connectivity index (χ0v) is 20.6. The summed E-state index contributed by atoms with van der Waals surface area (Å²) in [6.07, 6.45) is 5.10. The van der Waals surface area contributed by atoms with Crippen molar-refractivity contribution in [1.82, 2.24) is 24.1 Å². The van der Waals surface area contributed by atoms with Crippen molar-refractivity contribution in [3.8, 4) is 16.9 Å². The van der Waals surface area contributed by atoms with Crippen LogP contribution in [0.1, 0.15) is 29.6 Å². The van der Waals surface area contributed by atoms with Gasteiger partial charge in [0, 0.05) is 80.4 Å². The van der Waals surface area contributed by atoms with E-state index in [1.165, 1.54) is 19.1 Å². The first kappa shape index (κ1) is 24.4. The van der Waals surface area contributed by atoms with Gasteiger partial charge < -0.3 is 19.8 Å². The summed E-state index contributed by atoms with van der Waals surface area (Å²) in [7, 11) is 3.63. The molecule has 0 radical (unpaired) electrons. The Balaban J connectivity index is 1.57. The first-order valence-corrected chi connectivity index (χ1v) is 11.6. The van der Waals surface area contributed by atoms with Crippen LogP contribution in [-0.2, 0) is 31.2 Å². The van der Waals surface area contributed by atoms with Crippen molar-refractivity contribution < 1.29 is 13.9 Å². The SMILES string of the molecule is CC(=O)N(C)Cc1nn(C)c(C)c1CCOc1cc(F)ccc1-c1ccc2ncc(CCN)n2c1. The van der Waals surface area contributed by atoms with Gasteiger partial charge in [-0.25, -0.2) is 9.37 Å². The molecular weight excluding hydrogens is 447 g/mol. The van der Waals surface area contributed by atoms with E-state index in [2.05, 4.69) is 10.1 Å². The number of aromatic nitrogens is 4. The number of halogens is 1. The van der Waals surface area contributed by atoms with Crippen LogP contribution in [0, 0.1) is 12.7 Å². The molecule has 1 amide bonds. The number of amides is 1. The number of nitrogens with zero attached hydrogens (tertiary/aromatic N) is 5. The third kappa shape index (κ3) is 5.19. The molecule has 0 saturated heterocycles. The number of ether oxygens (including phenoxy) is 1. The average Bonchev–Trinajstić information content (AvgIpc) is 3.34. The van der Waals surface area contributed by atoms with Crippen LogP contribution in [0.5, 0.6) is 5.75 Å². The van der Waals surface area contributed by atoms with E-state index in [1.807, 2.05) is 47.6 Å². The van der Waals surface area contributed by atoms with Gasteiger partial charge in [-0.15, -0.1) is 0 Å². The summed E-state index contributed by atoms with van der Waals surface area (Å²) in [4.78, 5) is 17.7. The van der Waals surface area contributed by atoms with Crippen molar-refractivity contribution in [2.45, 2.75) is 33.2 Å². The molecule has 3 heterocycles. The lowest BCUT2D eigenvalue weighted by molar-refractivity contribution is -0.128. The Kier molecular flexibility index (Phi) is 7.16. The summed E-state index contributed by atoms with van der Waals surface area (Å²) in [5.74, 6) is 0.0794. The minimum atomic E-state index is -0.363. The lowest BCUT2D eigenvalue weighted by atomic mass is 10.1. The second-order valence-corrected chi connectivity index (χ2v) is 8.68. The fourth-order valence-electron chi connectivity index (χ4n) is 4.15. The molecule has 3 aromatic heterocycles. The highest BCUT2D eigenvalue weighted by molar-refractivity contribution is 5.73. The van der Waals surface area contributed by atoms with Gasteiger partial charge in [-0.1, -0.05) is 0 Å². The third-order valence-corrected chi connectivity index (χ3v) is 6.31. The van der Waals surface area contributed by atoms with Gasteiger partial charge in [0.1, 0.15) is 17.2 Å². The minimum Gasteiger partial charge on any atom is -0.492 e. The van der Waals surface area contributed by atoms with E-state index in [-0.39, 0.29) is 11.7 Å². The lowest BCUT2D eigenvalue weighted by Gasteiger charge is -2.15. The predicted octanol–water partition coefficient (Wildman–Crippen LogP) is 3.28. The number of hydrogen-bond donors (Lipinski definition) is 1. The number of benzene rings is 1. The fraction of sp³-hybridized carbons (Fsp3) is 0.346. The standard InChI is InChI=1S/C26H31FN6O2/c1-17-22(24(30-32(17)4)16-31(3)18(2)34)10-12-35-25-13-20(27)6-7-23(25)19-5-8-26-29-14-21(9-11-28)33(26)15-19/h5-8,13-15H,9-12,16,28H2,1-4H3. The van der Waals surface area contributed by atoms with Gasteiger partial charge in [-0.3, -0.25) is 9.48 Å². The van der Waals surface area contributed by atoms with E-state index in [0.717, 1.165) is 39.4 Å². The van der Waals surface area contributed by atoms with Crippen molar-refractivity contribution in [1.29, 1.82) is 0 Å². The molecule has 9 heteroatoms. The first-order chi connectivity index (χ1) is 16.8. The summed E-state index contributed by atoms with van der Waals surface area (Å²) in [5.41, 5.74) is 12.2. The van der Waals surface area contributed by atoms with Gasteiger partial charge in [0.05, 0.1) is 18.8 Å². The number of rotatable bonds is 9. The quantitative estimate of drug-likeness (QED) is 0.399. The van der Waals surface area contributed by atoms with Crippen LogP contribution in [0.2, 0.25) is 0 Å². The largest absolute Gasteiger partial charge is 0.492 e. The Labute approximate surface area is 204 Å². The maximum atomic E-state index is 14.2. The zero-order chi connectivity index (χ0) is 25.1. The molecule has 0 spiro atoms. The van der Waals surface area contributed by atoms with E-state index >= 15 is 0 Å². The van der Waals surface area contributed by atoms with Gasteiger partial charge in [0.15, 0.2) is 0 Å². The summed E-state index contributed by atoms with van der Waals surface area (Å²) in [6, 6.07) is 8.46. The topological polar surface area (TPSA) is 90.7 Å². The molecular formula is C26H31FN6O2. The van der Waals surface area contributed by atoms with E-state index in [0.29, 0.717) is 38.3 Å². The molecule has 0 aliphatic rings. The maximum Gasteiger partial charge on any atom is 0.219 e. The molecule has 0 unspecified atom stereocenters.